The Hall–Kier alpha value is -0.520. The molecule has 0 aliphatic carbocycles. The highest BCUT2D eigenvalue weighted by Gasteiger charge is 2.50. The molecule has 13 nitrogen and oxygen atoms in total. The normalized spacial score (nSPS) is 47.5. The Balaban J connectivity index is 0.00000288. The number of ether oxygens (including phenoxy) is 3. The molecule has 0 saturated carbocycles. The maximum atomic E-state index is 9.94. The molecule has 12 N–H and O–H groups in total. The van der Waals surface area contributed by atoms with Crippen molar-refractivity contribution in [1.82, 2.24) is 0 Å². The van der Waals surface area contributed by atoms with Crippen LogP contribution in [-0.4, -0.2) is 126 Å². The van der Waals surface area contributed by atoms with Gasteiger partial charge < -0.3 is 66.0 Å². The average Bonchev–Trinajstić information content (AvgIpc) is 2.55. The van der Waals surface area contributed by atoms with Crippen LogP contribution < -0.4 is 0 Å². The van der Waals surface area contributed by atoms with E-state index in [4.69, 9.17) is 19.3 Å². The molecule has 2 saturated heterocycles. The van der Waals surface area contributed by atoms with Gasteiger partial charge in [-0.3, -0.25) is 0 Å². The van der Waals surface area contributed by atoms with Crippen LogP contribution in [0.4, 0.5) is 0 Å². The monoisotopic (exact) mass is 378 g/mol. The van der Waals surface area contributed by atoms with Crippen LogP contribution in [-0.2, 0) is 14.2 Å². The first-order valence-corrected chi connectivity index (χ1v) is 7.08. The molecule has 13 heteroatoms. The number of aliphatic hydroxyl groups is 8. The summed E-state index contributed by atoms with van der Waals surface area (Å²) in [4.78, 5) is 0. The summed E-state index contributed by atoms with van der Waals surface area (Å²) in [5, 5.41) is 76.5. The maximum absolute atomic E-state index is 9.94. The summed E-state index contributed by atoms with van der Waals surface area (Å²) in [7, 11) is 0. The van der Waals surface area contributed by atoms with Gasteiger partial charge in [-0.1, -0.05) is 0 Å². The van der Waals surface area contributed by atoms with Gasteiger partial charge in [0.15, 0.2) is 12.6 Å². The molecule has 25 heavy (non-hydrogen) atoms. The van der Waals surface area contributed by atoms with E-state index in [0.29, 0.717) is 0 Å². The van der Waals surface area contributed by atoms with E-state index in [1.54, 1.807) is 0 Å². The summed E-state index contributed by atoms with van der Waals surface area (Å²) in [6, 6.07) is 0. The van der Waals surface area contributed by atoms with Gasteiger partial charge in [0.1, 0.15) is 48.8 Å². The number of hydrogen-bond donors (Lipinski definition) is 8. The summed E-state index contributed by atoms with van der Waals surface area (Å²) in [6.45, 7) is -1.35. The molecule has 0 radical (unpaired) electrons. The van der Waals surface area contributed by atoms with Gasteiger partial charge in [0, 0.05) is 0 Å². The van der Waals surface area contributed by atoms with Gasteiger partial charge in [-0.15, -0.1) is 0 Å². The van der Waals surface area contributed by atoms with Crippen molar-refractivity contribution >= 4 is 0 Å². The van der Waals surface area contributed by atoms with Gasteiger partial charge >= 0.3 is 0 Å². The first-order chi connectivity index (χ1) is 10.8. The van der Waals surface area contributed by atoms with Crippen molar-refractivity contribution in [2.45, 2.75) is 61.4 Å². The molecule has 2 heterocycles. The third-order valence-electron chi connectivity index (χ3n) is 3.98. The summed E-state index contributed by atoms with van der Waals surface area (Å²) < 4.78 is 15.3. The molecular formula is C12H26O13. The van der Waals surface area contributed by atoms with Crippen molar-refractivity contribution in [2.24, 2.45) is 0 Å². The van der Waals surface area contributed by atoms with Crippen molar-refractivity contribution in [1.29, 1.82) is 0 Å². The molecule has 0 aromatic heterocycles. The quantitative estimate of drug-likeness (QED) is 0.228. The zero-order valence-electron chi connectivity index (χ0n) is 13.0. The molecule has 10 unspecified atom stereocenters. The van der Waals surface area contributed by atoms with Crippen LogP contribution in [0.15, 0.2) is 0 Å². The fourth-order valence-electron chi connectivity index (χ4n) is 2.57. The summed E-state index contributed by atoms with van der Waals surface area (Å²) in [5.74, 6) is 0. The third-order valence-corrected chi connectivity index (χ3v) is 3.98. The van der Waals surface area contributed by atoms with E-state index in [9.17, 15) is 35.7 Å². The lowest BCUT2D eigenvalue weighted by Gasteiger charge is -2.45. The van der Waals surface area contributed by atoms with Crippen LogP contribution in [0.25, 0.3) is 0 Å². The van der Waals surface area contributed by atoms with E-state index in [0.717, 1.165) is 0 Å². The molecule has 2 rings (SSSR count). The van der Waals surface area contributed by atoms with E-state index in [2.05, 4.69) is 0 Å². The average molecular weight is 378 g/mol. The minimum absolute atomic E-state index is 0. The Morgan fingerprint density at radius 2 is 1.20 bits per heavy atom. The molecule has 10 atom stereocenters. The van der Waals surface area contributed by atoms with E-state index < -0.39 is 74.6 Å². The molecule has 0 amide bonds. The molecule has 0 spiro atoms. The third kappa shape index (κ3) is 4.81. The molecule has 2 fully saturated rings. The van der Waals surface area contributed by atoms with Crippen LogP contribution in [0, 0.1) is 0 Å². The predicted octanol–water partition coefficient (Wildman–Crippen LogP) is -7.05. The Bertz CT molecular complexity index is 380. The fraction of sp³-hybridized carbons (Fsp3) is 1.00. The van der Waals surface area contributed by atoms with Crippen molar-refractivity contribution in [2.75, 3.05) is 13.2 Å². The maximum Gasteiger partial charge on any atom is 0.187 e. The first-order valence-electron chi connectivity index (χ1n) is 7.08. The van der Waals surface area contributed by atoms with Gasteiger partial charge in [0.05, 0.1) is 13.2 Å². The van der Waals surface area contributed by atoms with E-state index in [-0.39, 0.29) is 11.0 Å². The summed E-state index contributed by atoms with van der Waals surface area (Å²) in [6.07, 6.45) is -15.6. The fourth-order valence-corrected chi connectivity index (χ4v) is 2.57. The lowest BCUT2D eigenvalue weighted by atomic mass is 9.97. The van der Waals surface area contributed by atoms with Crippen LogP contribution in [0.5, 0.6) is 0 Å². The topological polar surface area (TPSA) is 253 Å². The van der Waals surface area contributed by atoms with Crippen LogP contribution in [0.2, 0.25) is 0 Å². The Kier molecular flexibility index (Phi) is 9.77. The summed E-state index contributed by atoms with van der Waals surface area (Å²) >= 11 is 0. The standard InChI is InChI=1S/C12H22O11.2H2O/c13-1-3-5(15)6(16)9(19)12(22-3)23-10-4(2-14)21-11(20)8(18)7(10)17;;/h3-20H,1-2H2;2*1H2. The van der Waals surface area contributed by atoms with Crippen LogP contribution in [0.1, 0.15) is 0 Å². The van der Waals surface area contributed by atoms with Crippen molar-refractivity contribution in [3.05, 3.63) is 0 Å². The van der Waals surface area contributed by atoms with E-state index in [1.165, 1.54) is 0 Å². The molecule has 152 valence electrons. The molecule has 2 aliphatic heterocycles. The first kappa shape index (κ1) is 24.5. The van der Waals surface area contributed by atoms with Gasteiger partial charge in [-0.2, -0.15) is 0 Å². The molecular weight excluding hydrogens is 352 g/mol. The second-order valence-electron chi connectivity index (χ2n) is 5.53. The Morgan fingerprint density at radius 1 is 0.640 bits per heavy atom. The minimum Gasteiger partial charge on any atom is -0.412 e. The minimum atomic E-state index is -1.74. The van der Waals surface area contributed by atoms with Crippen molar-refractivity contribution in [3.63, 3.8) is 0 Å². The zero-order chi connectivity index (χ0) is 17.3. The SMILES string of the molecule is O.O.OCC1OC(OC2C(CO)OC(O)C(O)C2O)C(O)C(O)C1O. The van der Waals surface area contributed by atoms with Gasteiger partial charge in [0.2, 0.25) is 0 Å². The van der Waals surface area contributed by atoms with Gasteiger partial charge in [-0.25, -0.2) is 0 Å². The van der Waals surface area contributed by atoms with Gasteiger partial charge in [0.25, 0.3) is 0 Å². The second kappa shape index (κ2) is 9.98. The van der Waals surface area contributed by atoms with Crippen LogP contribution >= 0.6 is 0 Å². The smallest absolute Gasteiger partial charge is 0.187 e. The lowest BCUT2D eigenvalue weighted by Crippen LogP contribution is -2.64. The molecule has 0 bridgehead atoms. The largest absolute Gasteiger partial charge is 0.412 e. The molecule has 0 aromatic carbocycles. The molecule has 0 aromatic rings. The van der Waals surface area contributed by atoms with E-state index in [1.807, 2.05) is 0 Å². The number of rotatable bonds is 4. The molecule has 2 aliphatic rings. The highest BCUT2D eigenvalue weighted by atomic mass is 16.7. The van der Waals surface area contributed by atoms with Gasteiger partial charge in [-0.05, 0) is 0 Å². The van der Waals surface area contributed by atoms with Crippen molar-refractivity contribution < 1.29 is 66.0 Å². The summed E-state index contributed by atoms with van der Waals surface area (Å²) in [5.41, 5.74) is 0. The number of aliphatic hydroxyl groups excluding tert-OH is 8. The Labute approximate surface area is 141 Å². The van der Waals surface area contributed by atoms with Crippen LogP contribution in [0.3, 0.4) is 0 Å². The van der Waals surface area contributed by atoms with E-state index >= 15 is 0 Å². The highest BCUT2D eigenvalue weighted by molar-refractivity contribution is 4.93. The number of hydrogen-bond acceptors (Lipinski definition) is 11. The Morgan fingerprint density at radius 3 is 1.72 bits per heavy atom. The predicted molar refractivity (Wildman–Crippen MR) is 75.8 cm³/mol. The van der Waals surface area contributed by atoms with Crippen molar-refractivity contribution in [3.8, 4) is 0 Å². The highest BCUT2D eigenvalue weighted by Crippen LogP contribution is 2.28. The lowest BCUT2D eigenvalue weighted by molar-refractivity contribution is -0.355. The zero-order valence-corrected chi connectivity index (χ0v) is 13.0. The second-order valence-corrected chi connectivity index (χ2v) is 5.53.